The highest BCUT2D eigenvalue weighted by Crippen LogP contribution is 2.31. The van der Waals surface area contributed by atoms with Crippen LogP contribution in [0.25, 0.3) is 0 Å². The van der Waals surface area contributed by atoms with Gasteiger partial charge in [-0.25, -0.2) is 0 Å². The Labute approximate surface area is 108 Å². The number of benzene rings is 1. The highest BCUT2D eigenvalue weighted by Gasteiger charge is 2.06. The lowest BCUT2D eigenvalue weighted by atomic mass is 10.3. The van der Waals surface area contributed by atoms with Gasteiger partial charge in [0.05, 0.1) is 26.4 Å². The van der Waals surface area contributed by atoms with Gasteiger partial charge in [-0.1, -0.05) is 6.07 Å². The molecule has 0 spiro atoms. The van der Waals surface area contributed by atoms with Crippen LogP contribution in [0.4, 0.5) is 5.69 Å². The molecule has 0 unspecified atom stereocenters. The minimum Gasteiger partial charge on any atom is -0.492 e. The standard InChI is InChI=1S/C13H21NO4/c1-3-17-11-5-4-6-12(13(11)14)18-10-9-16-8-7-15-2/h4-6H,3,7-10,14H2,1-2H3. The van der Waals surface area contributed by atoms with Gasteiger partial charge in [0.1, 0.15) is 23.8 Å². The highest BCUT2D eigenvalue weighted by molar-refractivity contribution is 5.62. The van der Waals surface area contributed by atoms with E-state index in [1.807, 2.05) is 25.1 Å². The van der Waals surface area contributed by atoms with Gasteiger partial charge in [0, 0.05) is 7.11 Å². The predicted octanol–water partition coefficient (Wildman–Crippen LogP) is 1.71. The fourth-order valence-electron chi connectivity index (χ4n) is 1.39. The van der Waals surface area contributed by atoms with Crippen LogP contribution in [0, 0.1) is 0 Å². The summed E-state index contributed by atoms with van der Waals surface area (Å²) in [5.41, 5.74) is 6.45. The summed E-state index contributed by atoms with van der Waals surface area (Å²) in [5, 5.41) is 0. The molecule has 18 heavy (non-hydrogen) atoms. The number of anilines is 1. The molecule has 5 heteroatoms. The van der Waals surface area contributed by atoms with Gasteiger partial charge in [0.15, 0.2) is 0 Å². The number of ether oxygens (including phenoxy) is 4. The van der Waals surface area contributed by atoms with Crippen LogP contribution in [0.15, 0.2) is 18.2 Å². The fraction of sp³-hybridized carbons (Fsp3) is 0.538. The van der Waals surface area contributed by atoms with Gasteiger partial charge in [-0.05, 0) is 19.1 Å². The van der Waals surface area contributed by atoms with E-state index in [1.165, 1.54) is 0 Å². The lowest BCUT2D eigenvalue weighted by molar-refractivity contribution is 0.0545. The molecule has 5 nitrogen and oxygen atoms in total. The van der Waals surface area contributed by atoms with E-state index in [9.17, 15) is 0 Å². The van der Waals surface area contributed by atoms with Gasteiger partial charge >= 0.3 is 0 Å². The summed E-state index contributed by atoms with van der Waals surface area (Å²) in [5.74, 6) is 1.27. The number of hydrogen-bond acceptors (Lipinski definition) is 5. The molecule has 102 valence electrons. The molecule has 0 bridgehead atoms. The van der Waals surface area contributed by atoms with Crippen LogP contribution in [-0.4, -0.2) is 40.1 Å². The smallest absolute Gasteiger partial charge is 0.146 e. The summed E-state index contributed by atoms with van der Waals surface area (Å²) < 4.78 is 21.1. The van der Waals surface area contributed by atoms with Crippen molar-refractivity contribution < 1.29 is 18.9 Å². The Morgan fingerprint density at radius 1 is 1.00 bits per heavy atom. The SMILES string of the molecule is CCOc1cccc(OCCOCCOC)c1N. The first kappa shape index (κ1) is 14.6. The second-order valence-corrected chi connectivity index (χ2v) is 3.55. The van der Waals surface area contributed by atoms with E-state index in [2.05, 4.69) is 0 Å². The van der Waals surface area contributed by atoms with Crippen LogP contribution < -0.4 is 15.2 Å². The summed E-state index contributed by atoms with van der Waals surface area (Å²) in [4.78, 5) is 0. The molecule has 0 amide bonds. The summed E-state index contributed by atoms with van der Waals surface area (Å²) in [6, 6.07) is 5.48. The number of rotatable bonds is 9. The molecule has 0 saturated carbocycles. The molecule has 0 saturated heterocycles. The molecule has 0 aliphatic carbocycles. The number of hydrogen-bond donors (Lipinski definition) is 1. The van der Waals surface area contributed by atoms with E-state index in [-0.39, 0.29) is 0 Å². The normalized spacial score (nSPS) is 10.3. The predicted molar refractivity (Wildman–Crippen MR) is 70.2 cm³/mol. The van der Waals surface area contributed by atoms with Gasteiger partial charge < -0.3 is 24.7 Å². The second kappa shape index (κ2) is 8.60. The monoisotopic (exact) mass is 255 g/mol. The molecule has 0 heterocycles. The molecule has 0 aliphatic heterocycles. The van der Waals surface area contributed by atoms with Gasteiger partial charge in [-0.15, -0.1) is 0 Å². The van der Waals surface area contributed by atoms with Crippen molar-refractivity contribution in [2.24, 2.45) is 0 Å². The zero-order valence-corrected chi connectivity index (χ0v) is 11.0. The Morgan fingerprint density at radius 3 is 2.33 bits per heavy atom. The third kappa shape index (κ3) is 4.81. The van der Waals surface area contributed by atoms with E-state index in [1.54, 1.807) is 7.11 Å². The Morgan fingerprint density at radius 2 is 1.67 bits per heavy atom. The van der Waals surface area contributed by atoms with Gasteiger partial charge in [0.25, 0.3) is 0 Å². The van der Waals surface area contributed by atoms with Crippen LogP contribution in [0.5, 0.6) is 11.5 Å². The Hall–Kier alpha value is -1.46. The van der Waals surface area contributed by atoms with Crippen molar-refractivity contribution in [3.05, 3.63) is 18.2 Å². The number of methoxy groups -OCH3 is 1. The maximum Gasteiger partial charge on any atom is 0.146 e. The van der Waals surface area contributed by atoms with Crippen LogP contribution in [0.2, 0.25) is 0 Å². The van der Waals surface area contributed by atoms with Gasteiger partial charge in [-0.2, -0.15) is 0 Å². The van der Waals surface area contributed by atoms with E-state index >= 15 is 0 Å². The maximum absolute atomic E-state index is 5.92. The summed E-state index contributed by atoms with van der Waals surface area (Å²) in [7, 11) is 1.64. The Kier molecular flexibility index (Phi) is 6.98. The van der Waals surface area contributed by atoms with Crippen LogP contribution >= 0.6 is 0 Å². The fourth-order valence-corrected chi connectivity index (χ4v) is 1.39. The third-order valence-corrected chi connectivity index (χ3v) is 2.24. The molecule has 1 rings (SSSR count). The van der Waals surface area contributed by atoms with Crippen molar-refractivity contribution in [2.75, 3.05) is 45.9 Å². The van der Waals surface area contributed by atoms with Crippen molar-refractivity contribution in [3.8, 4) is 11.5 Å². The number of nitrogen functional groups attached to an aromatic ring is 1. The van der Waals surface area contributed by atoms with Gasteiger partial charge in [0.2, 0.25) is 0 Å². The summed E-state index contributed by atoms with van der Waals surface area (Å²) >= 11 is 0. The van der Waals surface area contributed by atoms with Crippen molar-refractivity contribution >= 4 is 5.69 Å². The average Bonchev–Trinajstić information content (AvgIpc) is 2.38. The summed E-state index contributed by atoms with van der Waals surface area (Å²) in [6.45, 7) is 4.59. The molecular weight excluding hydrogens is 234 g/mol. The van der Waals surface area contributed by atoms with Crippen LogP contribution in [0.1, 0.15) is 6.92 Å². The number of nitrogens with two attached hydrogens (primary N) is 1. The van der Waals surface area contributed by atoms with Crippen molar-refractivity contribution in [3.63, 3.8) is 0 Å². The minimum atomic E-state index is 0.448. The third-order valence-electron chi connectivity index (χ3n) is 2.24. The lowest BCUT2D eigenvalue weighted by Crippen LogP contribution is -2.11. The molecule has 0 aromatic heterocycles. The topological polar surface area (TPSA) is 62.9 Å². The number of para-hydroxylation sites is 1. The second-order valence-electron chi connectivity index (χ2n) is 3.55. The quantitative estimate of drug-likeness (QED) is 0.537. The highest BCUT2D eigenvalue weighted by atomic mass is 16.5. The zero-order valence-electron chi connectivity index (χ0n) is 11.0. The lowest BCUT2D eigenvalue weighted by Gasteiger charge is -2.12. The minimum absolute atomic E-state index is 0.448. The Bertz CT molecular complexity index is 344. The van der Waals surface area contributed by atoms with Crippen molar-refractivity contribution in [1.29, 1.82) is 0 Å². The molecule has 0 aliphatic rings. The first-order chi connectivity index (χ1) is 8.79. The van der Waals surface area contributed by atoms with Gasteiger partial charge in [-0.3, -0.25) is 0 Å². The van der Waals surface area contributed by atoms with E-state index in [4.69, 9.17) is 24.7 Å². The Balaban J connectivity index is 2.35. The largest absolute Gasteiger partial charge is 0.492 e. The molecule has 0 atom stereocenters. The molecule has 0 radical (unpaired) electrons. The maximum atomic E-state index is 5.92. The molecule has 0 fully saturated rings. The van der Waals surface area contributed by atoms with E-state index < -0.39 is 0 Å². The first-order valence-electron chi connectivity index (χ1n) is 6.00. The molecule has 1 aromatic carbocycles. The molecular formula is C13H21NO4. The van der Waals surface area contributed by atoms with Crippen LogP contribution in [-0.2, 0) is 9.47 Å². The zero-order chi connectivity index (χ0) is 13.2. The summed E-state index contributed by atoms with van der Waals surface area (Å²) in [6.07, 6.45) is 0. The molecule has 2 N–H and O–H groups in total. The van der Waals surface area contributed by atoms with Crippen molar-refractivity contribution in [1.82, 2.24) is 0 Å². The van der Waals surface area contributed by atoms with Crippen LogP contribution in [0.3, 0.4) is 0 Å². The first-order valence-corrected chi connectivity index (χ1v) is 6.00. The van der Waals surface area contributed by atoms with E-state index in [0.29, 0.717) is 50.2 Å². The van der Waals surface area contributed by atoms with E-state index in [0.717, 1.165) is 0 Å². The molecule has 1 aromatic rings. The van der Waals surface area contributed by atoms with Crippen molar-refractivity contribution in [2.45, 2.75) is 6.92 Å². The average molecular weight is 255 g/mol.